The van der Waals surface area contributed by atoms with Gasteiger partial charge in [-0.3, -0.25) is 4.79 Å². The molecule has 9 heteroatoms. The van der Waals surface area contributed by atoms with Crippen LogP contribution in [0.25, 0.3) is 0 Å². The molecule has 128 valence electrons. The lowest BCUT2D eigenvalue weighted by Gasteiger charge is -2.20. The van der Waals surface area contributed by atoms with Gasteiger partial charge >= 0.3 is 0 Å². The Hall–Kier alpha value is -2.26. The van der Waals surface area contributed by atoms with Gasteiger partial charge in [-0.05, 0) is 37.1 Å². The quantitative estimate of drug-likeness (QED) is 0.865. The molecule has 0 spiro atoms. The van der Waals surface area contributed by atoms with Crippen LogP contribution < -0.4 is 5.32 Å². The molecule has 2 aromatic rings. The van der Waals surface area contributed by atoms with Gasteiger partial charge in [-0.15, -0.1) is 10.2 Å². The highest BCUT2D eigenvalue weighted by Gasteiger charge is 2.27. The van der Waals surface area contributed by atoms with Crippen LogP contribution in [0.15, 0.2) is 23.1 Å². The van der Waals surface area contributed by atoms with Gasteiger partial charge in [-0.25, -0.2) is 8.42 Å². The molecule has 0 unspecified atom stereocenters. The molecular formula is C15H19N5O3S. The molecule has 0 saturated carbocycles. The molecule has 2 heterocycles. The van der Waals surface area contributed by atoms with Crippen molar-refractivity contribution in [2.75, 3.05) is 13.6 Å². The Balaban J connectivity index is 1.88. The minimum atomic E-state index is -3.64. The van der Waals surface area contributed by atoms with Crippen molar-refractivity contribution in [1.29, 1.82) is 0 Å². The lowest BCUT2D eigenvalue weighted by Crippen LogP contribution is -2.37. The van der Waals surface area contributed by atoms with E-state index in [1.54, 1.807) is 22.8 Å². The fourth-order valence-electron chi connectivity index (χ4n) is 2.55. The number of fused-ring (bicyclic) bond motifs is 1. The molecule has 1 aliphatic rings. The molecule has 24 heavy (non-hydrogen) atoms. The van der Waals surface area contributed by atoms with E-state index in [-0.39, 0.29) is 23.2 Å². The Kier molecular flexibility index (Phi) is 4.14. The molecule has 0 saturated heterocycles. The second kappa shape index (κ2) is 5.99. The Labute approximate surface area is 140 Å². The third-order valence-corrected chi connectivity index (χ3v) is 6.00. The van der Waals surface area contributed by atoms with Gasteiger partial charge in [0.1, 0.15) is 5.82 Å². The highest BCUT2D eigenvalue weighted by atomic mass is 32.2. The second-order valence-corrected chi connectivity index (χ2v) is 7.90. The number of aryl methyl sites for hydroxylation is 2. The number of benzene rings is 1. The number of hydrogen-bond donors (Lipinski definition) is 1. The number of hydrogen-bond acceptors (Lipinski definition) is 5. The molecule has 0 aliphatic carbocycles. The molecule has 1 aromatic heterocycles. The molecule has 0 radical (unpaired) electrons. The third kappa shape index (κ3) is 2.80. The first-order valence-corrected chi connectivity index (χ1v) is 8.98. The largest absolute Gasteiger partial charge is 0.348 e. The minimum absolute atomic E-state index is 0.0511. The van der Waals surface area contributed by atoms with Gasteiger partial charge in [0.05, 0.1) is 11.4 Å². The summed E-state index contributed by atoms with van der Waals surface area (Å²) in [6, 6.07) is 5.05. The predicted octanol–water partition coefficient (Wildman–Crippen LogP) is 0.459. The number of aromatic nitrogens is 3. The summed E-state index contributed by atoms with van der Waals surface area (Å²) in [6.07, 6.45) is 0. The maximum Gasteiger partial charge on any atom is 0.289 e. The first kappa shape index (κ1) is 16.6. The number of nitrogens with one attached hydrogen (secondary N) is 1. The third-order valence-electron chi connectivity index (χ3n) is 4.20. The van der Waals surface area contributed by atoms with Gasteiger partial charge in [0.2, 0.25) is 15.8 Å². The number of nitrogens with zero attached hydrogens (tertiary/aromatic N) is 4. The molecule has 1 aromatic carbocycles. The van der Waals surface area contributed by atoms with E-state index in [0.717, 1.165) is 11.1 Å². The number of carbonyl (C=O) groups is 1. The van der Waals surface area contributed by atoms with E-state index in [0.29, 0.717) is 18.9 Å². The monoisotopic (exact) mass is 349 g/mol. The van der Waals surface area contributed by atoms with Gasteiger partial charge < -0.3 is 9.88 Å². The van der Waals surface area contributed by atoms with E-state index in [2.05, 4.69) is 15.5 Å². The van der Waals surface area contributed by atoms with Crippen LogP contribution in [-0.4, -0.2) is 47.0 Å². The zero-order valence-corrected chi connectivity index (χ0v) is 14.6. The molecule has 8 nitrogen and oxygen atoms in total. The van der Waals surface area contributed by atoms with Gasteiger partial charge in [0.15, 0.2) is 0 Å². The van der Waals surface area contributed by atoms with Crippen LogP contribution in [0.3, 0.4) is 0 Å². The summed E-state index contributed by atoms with van der Waals surface area (Å²) in [5.74, 6) is 0.377. The van der Waals surface area contributed by atoms with E-state index in [1.165, 1.54) is 11.4 Å². The van der Waals surface area contributed by atoms with Crippen LogP contribution in [0.2, 0.25) is 0 Å². The van der Waals surface area contributed by atoms with E-state index >= 15 is 0 Å². The number of amides is 1. The first-order chi connectivity index (χ1) is 11.3. The van der Waals surface area contributed by atoms with Crippen molar-refractivity contribution in [2.45, 2.75) is 31.8 Å². The van der Waals surface area contributed by atoms with Crippen molar-refractivity contribution in [3.63, 3.8) is 0 Å². The van der Waals surface area contributed by atoms with E-state index < -0.39 is 10.0 Å². The fraction of sp³-hybridized carbons (Fsp3) is 0.400. The topological polar surface area (TPSA) is 97.2 Å². The van der Waals surface area contributed by atoms with Crippen molar-refractivity contribution >= 4 is 15.9 Å². The first-order valence-electron chi connectivity index (χ1n) is 7.54. The summed E-state index contributed by atoms with van der Waals surface area (Å²) < 4.78 is 28.4. The normalized spacial score (nSPS) is 14.6. The van der Waals surface area contributed by atoms with Crippen LogP contribution in [0, 0.1) is 13.8 Å². The van der Waals surface area contributed by atoms with Gasteiger partial charge in [-0.1, -0.05) is 6.07 Å². The van der Waals surface area contributed by atoms with Crippen molar-refractivity contribution < 1.29 is 13.2 Å². The van der Waals surface area contributed by atoms with Crippen molar-refractivity contribution in [2.24, 2.45) is 0 Å². The average Bonchev–Trinajstić information content (AvgIpc) is 2.94. The summed E-state index contributed by atoms with van der Waals surface area (Å²) in [6.45, 7) is 4.87. The van der Waals surface area contributed by atoms with Crippen LogP contribution >= 0.6 is 0 Å². The maximum atomic E-state index is 12.7. The second-order valence-electron chi connectivity index (χ2n) is 5.85. The zero-order valence-electron chi connectivity index (χ0n) is 13.8. The fourth-order valence-corrected chi connectivity index (χ4v) is 3.76. The van der Waals surface area contributed by atoms with E-state index in [4.69, 9.17) is 0 Å². The minimum Gasteiger partial charge on any atom is -0.348 e. The highest BCUT2D eigenvalue weighted by Crippen LogP contribution is 2.20. The Morgan fingerprint density at radius 2 is 2.00 bits per heavy atom. The molecule has 0 atom stereocenters. The summed E-state index contributed by atoms with van der Waals surface area (Å²) in [5.41, 5.74) is 1.95. The number of rotatable bonds is 4. The smallest absolute Gasteiger partial charge is 0.289 e. The lowest BCUT2D eigenvalue weighted by atomic mass is 10.1. The van der Waals surface area contributed by atoms with Gasteiger partial charge in [0.25, 0.3) is 5.91 Å². The molecule has 1 amide bonds. The zero-order chi connectivity index (χ0) is 17.5. The van der Waals surface area contributed by atoms with E-state index in [1.807, 2.05) is 13.8 Å². The Bertz CT molecular complexity index is 904. The standard InChI is InChI=1S/C15H19N5O3S/c1-10-4-5-12(8-11(10)2)24(22,23)19(3)9-13-17-18-14-15(21)16-6-7-20(13)14/h4-5,8H,6-7,9H2,1-3H3,(H,16,21). The van der Waals surface area contributed by atoms with Crippen LogP contribution in [0.1, 0.15) is 27.6 Å². The van der Waals surface area contributed by atoms with Crippen LogP contribution in [0.4, 0.5) is 0 Å². The molecule has 1 N–H and O–H groups in total. The summed E-state index contributed by atoms with van der Waals surface area (Å²) in [4.78, 5) is 11.9. The summed E-state index contributed by atoms with van der Waals surface area (Å²) in [7, 11) is -2.15. The molecule has 0 bridgehead atoms. The predicted molar refractivity (Wildman–Crippen MR) is 86.9 cm³/mol. The van der Waals surface area contributed by atoms with Crippen molar-refractivity contribution in [3.05, 3.63) is 41.0 Å². The van der Waals surface area contributed by atoms with Crippen LogP contribution in [-0.2, 0) is 23.1 Å². The molecular weight excluding hydrogens is 330 g/mol. The highest BCUT2D eigenvalue weighted by molar-refractivity contribution is 7.89. The summed E-state index contributed by atoms with van der Waals surface area (Å²) >= 11 is 0. The van der Waals surface area contributed by atoms with Crippen molar-refractivity contribution in [1.82, 2.24) is 24.4 Å². The average molecular weight is 349 g/mol. The lowest BCUT2D eigenvalue weighted by molar-refractivity contribution is 0.0920. The van der Waals surface area contributed by atoms with E-state index in [9.17, 15) is 13.2 Å². The molecule has 1 aliphatic heterocycles. The van der Waals surface area contributed by atoms with Crippen LogP contribution in [0.5, 0.6) is 0 Å². The van der Waals surface area contributed by atoms with Crippen molar-refractivity contribution in [3.8, 4) is 0 Å². The number of sulfonamides is 1. The molecule has 0 fully saturated rings. The maximum absolute atomic E-state index is 12.7. The number of carbonyl (C=O) groups excluding carboxylic acids is 1. The van der Waals surface area contributed by atoms with Gasteiger partial charge in [-0.2, -0.15) is 4.31 Å². The Morgan fingerprint density at radius 3 is 2.71 bits per heavy atom. The Morgan fingerprint density at radius 1 is 1.25 bits per heavy atom. The SMILES string of the molecule is Cc1ccc(S(=O)(=O)N(C)Cc2nnc3n2CCNC3=O)cc1C. The van der Waals surface area contributed by atoms with Gasteiger partial charge in [0, 0.05) is 20.1 Å². The molecule has 3 rings (SSSR count). The summed E-state index contributed by atoms with van der Waals surface area (Å²) in [5, 5.41) is 10.5.